The summed E-state index contributed by atoms with van der Waals surface area (Å²) in [5.41, 5.74) is 4.60. The molecule has 0 aliphatic heterocycles. The second-order valence-corrected chi connectivity index (χ2v) is 6.93. The Bertz CT molecular complexity index is 1350. The van der Waals surface area contributed by atoms with Crippen LogP contribution in [0.5, 0.6) is 5.88 Å². The maximum Gasteiger partial charge on any atom is 0.227 e. The minimum absolute atomic E-state index is 0.519. The molecule has 152 valence electrons. The van der Waals surface area contributed by atoms with Crippen molar-refractivity contribution in [3.05, 3.63) is 79.1 Å². The third-order valence-electron chi connectivity index (χ3n) is 4.86. The van der Waals surface area contributed by atoms with Gasteiger partial charge in [0.1, 0.15) is 12.2 Å². The summed E-state index contributed by atoms with van der Waals surface area (Å²) in [4.78, 5) is 17.7. The van der Waals surface area contributed by atoms with Crippen molar-refractivity contribution in [2.24, 2.45) is 0 Å². The lowest BCUT2D eigenvalue weighted by atomic mass is 10.0. The van der Waals surface area contributed by atoms with E-state index in [1.165, 1.54) is 0 Å². The molecule has 0 aliphatic carbocycles. The Kier molecular flexibility index (Phi) is 4.72. The van der Waals surface area contributed by atoms with E-state index in [2.05, 4.69) is 25.4 Å². The van der Waals surface area contributed by atoms with Gasteiger partial charge < -0.3 is 10.1 Å². The Morgan fingerprint density at radius 3 is 2.48 bits per heavy atom. The van der Waals surface area contributed by atoms with E-state index in [0.29, 0.717) is 11.8 Å². The van der Waals surface area contributed by atoms with Crippen molar-refractivity contribution in [3.8, 4) is 22.7 Å². The number of para-hydroxylation sites is 1. The second kappa shape index (κ2) is 7.83. The number of anilines is 2. The van der Waals surface area contributed by atoms with Crippen molar-refractivity contribution in [2.75, 3.05) is 12.4 Å². The van der Waals surface area contributed by atoms with Crippen LogP contribution in [0.3, 0.4) is 0 Å². The zero-order chi connectivity index (χ0) is 21.2. The molecule has 0 unspecified atom stereocenters. The molecule has 2 aromatic carbocycles. The van der Waals surface area contributed by atoms with Crippen molar-refractivity contribution in [3.63, 3.8) is 0 Å². The van der Waals surface area contributed by atoms with E-state index in [1.54, 1.807) is 24.3 Å². The molecule has 0 fully saturated rings. The molecule has 0 aliphatic rings. The van der Waals surface area contributed by atoms with Crippen LogP contribution in [0.2, 0.25) is 0 Å². The summed E-state index contributed by atoms with van der Waals surface area (Å²) in [5, 5.41) is 8.55. The summed E-state index contributed by atoms with van der Waals surface area (Å²) >= 11 is 0. The highest BCUT2D eigenvalue weighted by molar-refractivity contribution is 5.93. The quantitative estimate of drug-likeness (QED) is 0.462. The van der Waals surface area contributed by atoms with Crippen molar-refractivity contribution in [2.45, 2.75) is 6.92 Å². The Hall–Kier alpha value is -4.33. The van der Waals surface area contributed by atoms with Crippen molar-refractivity contribution in [1.29, 1.82) is 0 Å². The number of fused-ring (bicyclic) bond motifs is 1. The van der Waals surface area contributed by atoms with E-state index in [9.17, 15) is 0 Å². The van der Waals surface area contributed by atoms with Gasteiger partial charge in [0.05, 0.1) is 18.3 Å². The Labute approximate surface area is 178 Å². The first-order valence-electron chi connectivity index (χ1n) is 9.71. The van der Waals surface area contributed by atoms with Crippen LogP contribution in [0.1, 0.15) is 5.82 Å². The maximum atomic E-state index is 5.16. The van der Waals surface area contributed by atoms with Gasteiger partial charge in [-0.25, -0.2) is 24.6 Å². The van der Waals surface area contributed by atoms with Gasteiger partial charge in [0, 0.05) is 40.7 Å². The average Bonchev–Trinajstić information content (AvgIpc) is 3.25. The minimum Gasteiger partial charge on any atom is -0.481 e. The number of benzene rings is 2. The highest BCUT2D eigenvalue weighted by Gasteiger charge is 2.09. The van der Waals surface area contributed by atoms with Gasteiger partial charge in [0.15, 0.2) is 0 Å². The Balaban J connectivity index is 1.45. The Morgan fingerprint density at radius 1 is 0.903 bits per heavy atom. The topological polar surface area (TPSA) is 90.6 Å². The van der Waals surface area contributed by atoms with E-state index in [1.807, 2.05) is 67.7 Å². The fraction of sp³-hybridized carbons (Fsp3) is 0.0870. The van der Waals surface area contributed by atoms with Crippen LogP contribution in [0.25, 0.3) is 27.7 Å². The summed E-state index contributed by atoms with van der Waals surface area (Å²) in [6, 6.07) is 17.7. The van der Waals surface area contributed by atoms with Crippen LogP contribution in [0.4, 0.5) is 11.6 Å². The van der Waals surface area contributed by atoms with Gasteiger partial charge in [-0.05, 0) is 37.3 Å². The van der Waals surface area contributed by atoms with Crippen LogP contribution in [0, 0.1) is 6.92 Å². The molecular weight excluding hydrogens is 390 g/mol. The van der Waals surface area contributed by atoms with Gasteiger partial charge in [-0.15, -0.1) is 0 Å². The smallest absolute Gasteiger partial charge is 0.227 e. The molecule has 3 heterocycles. The number of aromatic nitrogens is 6. The predicted octanol–water partition coefficient (Wildman–Crippen LogP) is 4.33. The van der Waals surface area contributed by atoms with Gasteiger partial charge in [-0.2, -0.15) is 5.10 Å². The third-order valence-corrected chi connectivity index (χ3v) is 4.86. The zero-order valence-corrected chi connectivity index (χ0v) is 17.0. The molecule has 0 atom stereocenters. The minimum atomic E-state index is 0.519. The highest BCUT2D eigenvalue weighted by atomic mass is 16.5. The normalized spacial score (nSPS) is 10.9. The fourth-order valence-corrected chi connectivity index (χ4v) is 3.31. The van der Waals surface area contributed by atoms with Crippen LogP contribution < -0.4 is 10.1 Å². The summed E-state index contributed by atoms with van der Waals surface area (Å²) in [6.07, 6.45) is 5.30. The molecule has 5 rings (SSSR count). The Morgan fingerprint density at radius 2 is 1.77 bits per heavy atom. The largest absolute Gasteiger partial charge is 0.481 e. The molecule has 0 spiro atoms. The molecule has 0 radical (unpaired) electrons. The van der Waals surface area contributed by atoms with Crippen molar-refractivity contribution < 1.29 is 4.74 Å². The van der Waals surface area contributed by atoms with Gasteiger partial charge in [0.25, 0.3) is 0 Å². The van der Waals surface area contributed by atoms with Gasteiger partial charge in [-0.3, -0.25) is 0 Å². The molecule has 0 amide bonds. The molecule has 0 bridgehead atoms. The lowest BCUT2D eigenvalue weighted by Crippen LogP contribution is -1.99. The van der Waals surface area contributed by atoms with Crippen LogP contribution in [0.15, 0.2) is 73.3 Å². The number of hydrogen-bond donors (Lipinski definition) is 1. The van der Waals surface area contributed by atoms with E-state index in [-0.39, 0.29) is 0 Å². The standard InChI is InChI=1S/C23H19N7O/c1-15-26-14-30(29-15)19-9-7-18(8-10-19)27-23-25-13-17-4-3-5-20(22(17)28-23)16-6-11-21(31-2)24-12-16/h3-14H,1-2H3,(H,25,27,28). The first-order valence-corrected chi connectivity index (χ1v) is 9.71. The number of aryl methyl sites for hydroxylation is 1. The number of rotatable bonds is 5. The molecule has 31 heavy (non-hydrogen) atoms. The zero-order valence-electron chi connectivity index (χ0n) is 17.0. The predicted molar refractivity (Wildman–Crippen MR) is 119 cm³/mol. The summed E-state index contributed by atoms with van der Waals surface area (Å²) in [5.74, 6) is 1.82. The molecule has 3 aromatic heterocycles. The number of ether oxygens (including phenoxy) is 1. The average molecular weight is 409 g/mol. The molecule has 5 aromatic rings. The van der Waals surface area contributed by atoms with E-state index < -0.39 is 0 Å². The number of nitrogens with zero attached hydrogens (tertiary/aromatic N) is 6. The first-order chi connectivity index (χ1) is 15.2. The first kappa shape index (κ1) is 18.7. The second-order valence-electron chi connectivity index (χ2n) is 6.93. The van der Waals surface area contributed by atoms with Gasteiger partial charge in [-0.1, -0.05) is 18.2 Å². The highest BCUT2D eigenvalue weighted by Crippen LogP contribution is 2.28. The number of nitrogens with one attached hydrogen (secondary N) is 1. The molecule has 8 heteroatoms. The lowest BCUT2D eigenvalue weighted by molar-refractivity contribution is 0.398. The van der Waals surface area contributed by atoms with Crippen LogP contribution in [-0.2, 0) is 0 Å². The SMILES string of the molecule is COc1ccc(-c2cccc3cnc(Nc4ccc(-n5cnc(C)n5)cc4)nc23)cn1. The van der Waals surface area contributed by atoms with Gasteiger partial charge in [0.2, 0.25) is 11.8 Å². The van der Waals surface area contributed by atoms with E-state index >= 15 is 0 Å². The lowest BCUT2D eigenvalue weighted by Gasteiger charge is -2.10. The number of methoxy groups -OCH3 is 1. The number of hydrogen-bond acceptors (Lipinski definition) is 7. The summed E-state index contributed by atoms with van der Waals surface area (Å²) in [7, 11) is 1.60. The third kappa shape index (κ3) is 3.78. The molecule has 8 nitrogen and oxygen atoms in total. The van der Waals surface area contributed by atoms with E-state index in [4.69, 9.17) is 9.72 Å². The summed E-state index contributed by atoms with van der Waals surface area (Å²) in [6.45, 7) is 1.86. The molecule has 0 saturated heterocycles. The summed E-state index contributed by atoms with van der Waals surface area (Å²) < 4.78 is 6.90. The molecule has 0 saturated carbocycles. The van der Waals surface area contributed by atoms with Crippen LogP contribution >= 0.6 is 0 Å². The number of pyridine rings is 1. The monoisotopic (exact) mass is 409 g/mol. The maximum absolute atomic E-state index is 5.16. The van der Waals surface area contributed by atoms with Crippen LogP contribution in [-0.4, -0.2) is 36.8 Å². The van der Waals surface area contributed by atoms with E-state index in [0.717, 1.165) is 39.2 Å². The molecular formula is C23H19N7O. The van der Waals surface area contributed by atoms with Crippen molar-refractivity contribution in [1.82, 2.24) is 29.7 Å². The molecule has 1 N–H and O–H groups in total. The fourth-order valence-electron chi connectivity index (χ4n) is 3.31. The van der Waals surface area contributed by atoms with Crippen molar-refractivity contribution >= 4 is 22.5 Å². The van der Waals surface area contributed by atoms with Gasteiger partial charge >= 0.3 is 0 Å².